The molecule has 5 nitrogen and oxygen atoms in total. The minimum Gasteiger partial charge on any atom is -0.338 e. The summed E-state index contributed by atoms with van der Waals surface area (Å²) >= 11 is 0. The van der Waals surface area contributed by atoms with E-state index in [2.05, 4.69) is 50.0 Å². The third-order valence-electron chi connectivity index (χ3n) is 4.43. The fourth-order valence-electron chi connectivity index (χ4n) is 2.76. The smallest absolute Gasteiger partial charge is 0.244 e. The number of likely N-dealkylation sites (tertiary alicyclic amines) is 1. The molecule has 2 atom stereocenters. The van der Waals surface area contributed by atoms with Gasteiger partial charge in [0.05, 0.1) is 11.7 Å². The van der Waals surface area contributed by atoms with Crippen molar-refractivity contribution in [2.75, 3.05) is 18.4 Å². The van der Waals surface area contributed by atoms with Crippen molar-refractivity contribution in [2.45, 2.75) is 65.3 Å². The Morgan fingerprint density at radius 1 is 1.55 bits per heavy atom. The van der Waals surface area contributed by atoms with Crippen LogP contribution in [0.5, 0.6) is 0 Å². The molecule has 1 aromatic heterocycles. The Bertz CT molecular complexity index is 504. The summed E-state index contributed by atoms with van der Waals surface area (Å²) in [5.41, 5.74) is 0.772. The average molecular weight is 307 g/mol. The van der Waals surface area contributed by atoms with Gasteiger partial charge in [0.15, 0.2) is 0 Å². The normalized spacial score (nSPS) is 21.0. The van der Waals surface area contributed by atoms with Gasteiger partial charge in [-0.1, -0.05) is 46.2 Å². The van der Waals surface area contributed by atoms with E-state index in [0.29, 0.717) is 11.8 Å². The summed E-state index contributed by atoms with van der Waals surface area (Å²) in [6, 6.07) is 1.78. The van der Waals surface area contributed by atoms with Crippen LogP contribution in [0.25, 0.3) is 0 Å². The van der Waals surface area contributed by atoms with Crippen LogP contribution in [-0.4, -0.2) is 35.1 Å². The molecule has 1 saturated heterocycles. The van der Waals surface area contributed by atoms with Crippen molar-refractivity contribution in [1.82, 2.24) is 10.1 Å². The maximum Gasteiger partial charge on any atom is 0.244 e. The van der Waals surface area contributed by atoms with Crippen LogP contribution in [0.3, 0.4) is 0 Å². The second-order valence-corrected chi connectivity index (χ2v) is 7.48. The molecule has 1 fully saturated rings. The first-order chi connectivity index (χ1) is 10.3. The van der Waals surface area contributed by atoms with Crippen molar-refractivity contribution >= 4 is 11.8 Å². The van der Waals surface area contributed by atoms with Crippen LogP contribution in [0.1, 0.15) is 59.6 Å². The van der Waals surface area contributed by atoms with Crippen molar-refractivity contribution in [3.05, 3.63) is 11.8 Å². The number of carbonyl (C=O) groups excluding carboxylic acids is 1. The van der Waals surface area contributed by atoms with Gasteiger partial charge in [-0.15, -0.1) is 0 Å². The summed E-state index contributed by atoms with van der Waals surface area (Å²) < 4.78 is 5.26. The number of amides is 1. The van der Waals surface area contributed by atoms with Gasteiger partial charge in [0.1, 0.15) is 0 Å². The van der Waals surface area contributed by atoms with Gasteiger partial charge < -0.3 is 4.52 Å². The number of rotatable bonds is 5. The summed E-state index contributed by atoms with van der Waals surface area (Å²) in [4.78, 5) is 14.8. The zero-order chi connectivity index (χ0) is 16.3. The molecular formula is C17H29N3O2. The van der Waals surface area contributed by atoms with Crippen molar-refractivity contribution in [1.29, 1.82) is 0 Å². The lowest BCUT2D eigenvalue weighted by Crippen LogP contribution is -2.41. The number of aromatic nitrogens is 1. The lowest BCUT2D eigenvalue weighted by molar-refractivity contribution is -0.120. The van der Waals surface area contributed by atoms with Crippen LogP contribution in [0, 0.1) is 5.92 Å². The molecule has 0 spiro atoms. The summed E-state index contributed by atoms with van der Waals surface area (Å²) in [6.07, 6.45) is 3.14. The number of hydrogen-bond acceptors (Lipinski definition) is 4. The van der Waals surface area contributed by atoms with Crippen molar-refractivity contribution < 1.29 is 9.32 Å². The highest BCUT2D eigenvalue weighted by molar-refractivity contribution is 5.93. The van der Waals surface area contributed by atoms with Gasteiger partial charge in [0.25, 0.3) is 0 Å². The topological polar surface area (TPSA) is 58.4 Å². The molecule has 1 amide bonds. The van der Waals surface area contributed by atoms with Crippen molar-refractivity contribution in [2.24, 2.45) is 5.92 Å². The highest BCUT2D eigenvalue weighted by Gasteiger charge is 2.32. The van der Waals surface area contributed by atoms with Gasteiger partial charge in [-0.2, -0.15) is 0 Å². The maximum atomic E-state index is 12.5. The van der Waals surface area contributed by atoms with E-state index >= 15 is 0 Å². The number of anilines is 1. The predicted molar refractivity (Wildman–Crippen MR) is 87.9 cm³/mol. The van der Waals surface area contributed by atoms with Crippen molar-refractivity contribution in [3.8, 4) is 0 Å². The first-order valence-electron chi connectivity index (χ1n) is 8.33. The van der Waals surface area contributed by atoms with Gasteiger partial charge >= 0.3 is 0 Å². The molecule has 0 aromatic carbocycles. The van der Waals surface area contributed by atoms with E-state index in [0.717, 1.165) is 38.0 Å². The summed E-state index contributed by atoms with van der Waals surface area (Å²) in [6.45, 7) is 12.6. The Balaban J connectivity index is 1.97. The highest BCUT2D eigenvalue weighted by atomic mass is 16.5. The lowest BCUT2D eigenvalue weighted by Gasteiger charge is -2.25. The quantitative estimate of drug-likeness (QED) is 0.905. The van der Waals surface area contributed by atoms with Crippen molar-refractivity contribution in [3.63, 3.8) is 0 Å². The number of nitrogens with one attached hydrogen (secondary N) is 1. The largest absolute Gasteiger partial charge is 0.338 e. The van der Waals surface area contributed by atoms with Gasteiger partial charge in [0.2, 0.25) is 11.8 Å². The molecule has 124 valence electrons. The molecule has 1 aliphatic heterocycles. The summed E-state index contributed by atoms with van der Waals surface area (Å²) in [5.74, 6) is 1.09. The maximum absolute atomic E-state index is 12.5. The first-order valence-corrected chi connectivity index (χ1v) is 8.33. The molecule has 2 unspecified atom stereocenters. The molecule has 5 heteroatoms. The zero-order valence-electron chi connectivity index (χ0n) is 14.5. The zero-order valence-corrected chi connectivity index (χ0v) is 14.5. The van der Waals surface area contributed by atoms with Crippen LogP contribution in [0.15, 0.2) is 10.6 Å². The van der Waals surface area contributed by atoms with Crippen LogP contribution in [0.4, 0.5) is 5.88 Å². The molecule has 1 N–H and O–H groups in total. The van der Waals surface area contributed by atoms with E-state index in [1.54, 1.807) is 0 Å². The standard InChI is InChI=1S/C17H29N3O2/c1-6-12(2)11-20-9-7-8-13(20)16(21)18-15-10-14(19-22-15)17(3,4)5/h10,12-13H,6-9,11H2,1-5H3,(H,18,21). The molecule has 2 rings (SSSR count). The Hall–Kier alpha value is -1.36. The molecule has 0 saturated carbocycles. The minimum atomic E-state index is -0.0809. The number of nitrogens with zero attached hydrogens (tertiary/aromatic N) is 2. The highest BCUT2D eigenvalue weighted by Crippen LogP contribution is 2.25. The lowest BCUT2D eigenvalue weighted by atomic mass is 9.92. The molecule has 22 heavy (non-hydrogen) atoms. The number of carbonyl (C=O) groups is 1. The average Bonchev–Trinajstić information content (AvgIpc) is 3.06. The molecule has 1 aliphatic rings. The Kier molecular flexibility index (Phi) is 5.27. The Morgan fingerprint density at radius 3 is 2.86 bits per heavy atom. The number of hydrogen-bond donors (Lipinski definition) is 1. The predicted octanol–water partition coefficient (Wildman–Crippen LogP) is 3.42. The third-order valence-corrected chi connectivity index (χ3v) is 4.43. The van der Waals surface area contributed by atoms with Gasteiger partial charge in [0, 0.05) is 18.0 Å². The third kappa shape index (κ3) is 4.09. The van der Waals surface area contributed by atoms with Crippen LogP contribution in [-0.2, 0) is 10.2 Å². The van der Waals surface area contributed by atoms with Crippen LogP contribution in [0.2, 0.25) is 0 Å². The minimum absolute atomic E-state index is 0.0254. The van der Waals surface area contributed by atoms with E-state index in [1.807, 2.05) is 6.07 Å². The molecule has 0 bridgehead atoms. The van der Waals surface area contributed by atoms with Gasteiger partial charge in [-0.05, 0) is 25.3 Å². The molecular weight excluding hydrogens is 278 g/mol. The first kappa shape index (κ1) is 17.0. The van der Waals surface area contributed by atoms with E-state index in [9.17, 15) is 4.79 Å². The molecule has 1 aromatic rings. The summed E-state index contributed by atoms with van der Waals surface area (Å²) in [7, 11) is 0. The SMILES string of the molecule is CCC(C)CN1CCCC1C(=O)Nc1cc(C(C)(C)C)no1. The fourth-order valence-corrected chi connectivity index (χ4v) is 2.76. The second-order valence-electron chi connectivity index (χ2n) is 7.48. The van der Waals surface area contributed by atoms with Crippen LogP contribution < -0.4 is 5.32 Å². The second kappa shape index (κ2) is 6.82. The van der Waals surface area contributed by atoms with Crippen LogP contribution >= 0.6 is 0 Å². The molecule has 0 radical (unpaired) electrons. The fraction of sp³-hybridized carbons (Fsp3) is 0.765. The Labute approximate surface area is 133 Å². The Morgan fingerprint density at radius 2 is 2.27 bits per heavy atom. The van der Waals surface area contributed by atoms with Gasteiger partial charge in [-0.3, -0.25) is 15.0 Å². The molecule has 2 heterocycles. The van der Waals surface area contributed by atoms with Gasteiger partial charge in [-0.25, -0.2) is 0 Å². The van der Waals surface area contributed by atoms with E-state index in [4.69, 9.17) is 4.52 Å². The van der Waals surface area contributed by atoms with E-state index in [-0.39, 0.29) is 17.4 Å². The summed E-state index contributed by atoms with van der Waals surface area (Å²) in [5, 5.41) is 6.93. The monoisotopic (exact) mass is 307 g/mol. The van der Waals surface area contributed by atoms with E-state index in [1.165, 1.54) is 0 Å². The van der Waals surface area contributed by atoms with E-state index < -0.39 is 0 Å². The molecule has 0 aliphatic carbocycles.